The van der Waals surface area contributed by atoms with Crippen molar-refractivity contribution in [3.05, 3.63) is 51.0 Å². The van der Waals surface area contributed by atoms with Crippen LogP contribution in [0.5, 0.6) is 0 Å². The highest BCUT2D eigenvalue weighted by Gasteiger charge is 2.23. The third kappa shape index (κ3) is 7.18. The van der Waals surface area contributed by atoms with Gasteiger partial charge in [-0.25, -0.2) is 9.98 Å². The molecule has 6 nitrogen and oxygen atoms in total. The van der Waals surface area contributed by atoms with Crippen molar-refractivity contribution in [2.75, 3.05) is 39.4 Å². The number of halogens is 1. The molecular weight excluding hydrogens is 509 g/mol. The number of hydrogen-bond acceptors (Lipinski definition) is 5. The van der Waals surface area contributed by atoms with Gasteiger partial charge < -0.3 is 15.4 Å². The Kier molecular flexibility index (Phi) is 10.5. The molecule has 2 heterocycles. The molecule has 0 bridgehead atoms. The van der Waals surface area contributed by atoms with Crippen molar-refractivity contribution in [1.82, 2.24) is 20.5 Å². The van der Waals surface area contributed by atoms with E-state index in [0.29, 0.717) is 6.54 Å². The minimum absolute atomic E-state index is 0. The van der Waals surface area contributed by atoms with Crippen LogP contribution in [0.2, 0.25) is 0 Å². The number of aryl methyl sites for hydroxylation is 3. The number of hydrogen-bond donors (Lipinski definition) is 2. The third-order valence-corrected chi connectivity index (χ3v) is 6.19. The van der Waals surface area contributed by atoms with E-state index in [1.54, 1.807) is 11.3 Å². The van der Waals surface area contributed by atoms with Crippen LogP contribution in [0, 0.1) is 20.8 Å². The van der Waals surface area contributed by atoms with E-state index in [4.69, 9.17) is 9.73 Å². The van der Waals surface area contributed by atoms with Gasteiger partial charge in [0, 0.05) is 31.1 Å². The number of benzene rings is 1. The molecule has 1 aromatic heterocycles. The summed E-state index contributed by atoms with van der Waals surface area (Å²) in [6, 6.07) is 9.15. The lowest BCUT2D eigenvalue weighted by Crippen LogP contribution is -2.46. The van der Waals surface area contributed by atoms with Crippen LogP contribution in [-0.2, 0) is 11.3 Å². The maximum atomic E-state index is 5.57. The molecule has 2 aromatic rings. The number of aliphatic imine (C=N–C) groups is 1. The summed E-state index contributed by atoms with van der Waals surface area (Å²) in [6.45, 7) is 14.1. The number of aromatic nitrogens is 1. The molecule has 0 spiro atoms. The zero-order valence-corrected chi connectivity index (χ0v) is 21.5. The van der Waals surface area contributed by atoms with Crippen LogP contribution in [0.15, 0.2) is 29.3 Å². The smallest absolute Gasteiger partial charge is 0.191 e. The number of ether oxygens (including phenoxy) is 1. The highest BCUT2D eigenvalue weighted by atomic mass is 127. The minimum Gasteiger partial charge on any atom is -0.379 e. The molecule has 1 saturated heterocycles. The summed E-state index contributed by atoms with van der Waals surface area (Å²) < 4.78 is 5.57. The van der Waals surface area contributed by atoms with Crippen molar-refractivity contribution >= 4 is 41.3 Å². The van der Waals surface area contributed by atoms with Crippen LogP contribution in [0.3, 0.4) is 0 Å². The van der Waals surface area contributed by atoms with Gasteiger partial charge in [-0.1, -0.05) is 29.8 Å². The average Bonchev–Trinajstić information content (AvgIpc) is 3.05. The maximum Gasteiger partial charge on any atom is 0.191 e. The zero-order valence-electron chi connectivity index (χ0n) is 18.4. The Morgan fingerprint density at radius 2 is 1.87 bits per heavy atom. The van der Waals surface area contributed by atoms with Crippen LogP contribution < -0.4 is 10.6 Å². The molecule has 0 aliphatic carbocycles. The summed E-state index contributed by atoms with van der Waals surface area (Å²) >= 11 is 1.72. The molecular formula is C22H34IN5OS. The van der Waals surface area contributed by atoms with E-state index in [0.717, 1.165) is 56.1 Å². The number of nitrogens with one attached hydrogen (secondary N) is 2. The molecule has 1 fully saturated rings. The SMILES string of the molecule is CCNC(=NCc1sc(C)nc1C)NCC(c1ccc(C)cc1)N1CCOCC1.I. The lowest BCUT2D eigenvalue weighted by molar-refractivity contribution is 0.0170. The fourth-order valence-electron chi connectivity index (χ4n) is 3.54. The first-order valence-electron chi connectivity index (χ1n) is 10.4. The molecule has 1 unspecified atom stereocenters. The van der Waals surface area contributed by atoms with Crippen molar-refractivity contribution in [2.24, 2.45) is 4.99 Å². The largest absolute Gasteiger partial charge is 0.379 e. The van der Waals surface area contributed by atoms with Gasteiger partial charge in [0.15, 0.2) is 5.96 Å². The van der Waals surface area contributed by atoms with Crippen LogP contribution >= 0.6 is 35.3 Å². The molecule has 2 N–H and O–H groups in total. The fraction of sp³-hybridized carbons (Fsp3) is 0.545. The van der Waals surface area contributed by atoms with E-state index < -0.39 is 0 Å². The van der Waals surface area contributed by atoms with E-state index in [2.05, 4.69) is 65.6 Å². The topological polar surface area (TPSA) is 61.8 Å². The van der Waals surface area contributed by atoms with E-state index in [9.17, 15) is 0 Å². The van der Waals surface area contributed by atoms with Gasteiger partial charge in [-0.15, -0.1) is 35.3 Å². The van der Waals surface area contributed by atoms with Crippen molar-refractivity contribution in [3.8, 4) is 0 Å². The highest BCUT2D eigenvalue weighted by molar-refractivity contribution is 14.0. The molecule has 8 heteroatoms. The van der Waals surface area contributed by atoms with Crippen molar-refractivity contribution < 1.29 is 4.74 Å². The standard InChI is InChI=1S/C22H33N5OS.HI/c1-5-23-22(25-15-21-17(3)26-18(4)29-21)24-14-20(27-10-12-28-13-11-27)19-8-6-16(2)7-9-19;/h6-9,20H,5,10-15H2,1-4H3,(H2,23,24,25);1H. The molecule has 1 aliphatic heterocycles. The second-order valence-electron chi connectivity index (χ2n) is 7.39. The van der Waals surface area contributed by atoms with Gasteiger partial charge in [0.2, 0.25) is 0 Å². The summed E-state index contributed by atoms with van der Waals surface area (Å²) in [5, 5.41) is 8.04. The lowest BCUT2D eigenvalue weighted by atomic mass is 10.0. The van der Waals surface area contributed by atoms with E-state index in [1.165, 1.54) is 16.0 Å². The van der Waals surface area contributed by atoms with Gasteiger partial charge >= 0.3 is 0 Å². The molecule has 1 aromatic carbocycles. The zero-order chi connectivity index (χ0) is 20.6. The predicted molar refractivity (Wildman–Crippen MR) is 136 cm³/mol. The van der Waals surface area contributed by atoms with Crippen molar-refractivity contribution in [3.63, 3.8) is 0 Å². The molecule has 1 aliphatic rings. The highest BCUT2D eigenvalue weighted by Crippen LogP contribution is 2.22. The Morgan fingerprint density at radius 1 is 1.17 bits per heavy atom. The van der Waals surface area contributed by atoms with Crippen molar-refractivity contribution in [1.29, 1.82) is 0 Å². The summed E-state index contributed by atoms with van der Waals surface area (Å²) in [5.74, 6) is 0.850. The number of rotatable bonds is 7. The normalized spacial score (nSPS) is 16.1. The van der Waals surface area contributed by atoms with Gasteiger partial charge in [-0.3, -0.25) is 4.90 Å². The number of thiazole rings is 1. The van der Waals surface area contributed by atoms with Crippen LogP contribution in [-0.4, -0.2) is 55.2 Å². The van der Waals surface area contributed by atoms with E-state index in [-0.39, 0.29) is 30.0 Å². The van der Waals surface area contributed by atoms with Gasteiger partial charge in [0.05, 0.1) is 36.5 Å². The lowest BCUT2D eigenvalue weighted by Gasteiger charge is -2.35. The van der Waals surface area contributed by atoms with Crippen LogP contribution in [0.1, 0.15) is 39.7 Å². The number of guanidine groups is 1. The Hall–Kier alpha value is -1.23. The molecule has 1 atom stereocenters. The molecule has 166 valence electrons. The monoisotopic (exact) mass is 543 g/mol. The minimum atomic E-state index is 0. The Morgan fingerprint density at radius 3 is 2.47 bits per heavy atom. The summed E-state index contributed by atoms with van der Waals surface area (Å²) in [4.78, 5) is 13.0. The molecule has 0 saturated carbocycles. The molecule has 0 amide bonds. The quantitative estimate of drug-likeness (QED) is 0.316. The van der Waals surface area contributed by atoms with Gasteiger partial charge in [0.1, 0.15) is 0 Å². The third-order valence-electron chi connectivity index (χ3n) is 5.14. The average molecular weight is 544 g/mol. The van der Waals surface area contributed by atoms with Crippen molar-refractivity contribution in [2.45, 2.75) is 40.3 Å². The van der Waals surface area contributed by atoms with Crippen LogP contribution in [0.25, 0.3) is 0 Å². The van der Waals surface area contributed by atoms with Gasteiger partial charge in [-0.2, -0.15) is 0 Å². The first-order chi connectivity index (χ1) is 14.1. The van der Waals surface area contributed by atoms with E-state index in [1.807, 2.05) is 6.92 Å². The predicted octanol–water partition coefficient (Wildman–Crippen LogP) is 3.81. The molecule has 0 radical (unpaired) electrons. The Labute approximate surface area is 201 Å². The number of nitrogens with zero attached hydrogens (tertiary/aromatic N) is 3. The number of morpholine rings is 1. The summed E-state index contributed by atoms with van der Waals surface area (Å²) in [5.41, 5.74) is 3.69. The van der Waals surface area contributed by atoms with Gasteiger partial charge in [0.25, 0.3) is 0 Å². The second kappa shape index (κ2) is 12.6. The van der Waals surface area contributed by atoms with Gasteiger partial charge in [-0.05, 0) is 33.3 Å². The van der Waals surface area contributed by atoms with Crippen LogP contribution in [0.4, 0.5) is 0 Å². The second-order valence-corrected chi connectivity index (χ2v) is 8.68. The van der Waals surface area contributed by atoms with E-state index >= 15 is 0 Å². The maximum absolute atomic E-state index is 5.57. The Balaban J connectivity index is 0.00000320. The Bertz CT molecular complexity index is 802. The fourth-order valence-corrected chi connectivity index (χ4v) is 4.40. The first kappa shape index (κ1) is 25.0. The first-order valence-corrected chi connectivity index (χ1v) is 11.2. The summed E-state index contributed by atoms with van der Waals surface area (Å²) in [7, 11) is 0. The molecule has 30 heavy (non-hydrogen) atoms. The molecule has 3 rings (SSSR count). The summed E-state index contributed by atoms with van der Waals surface area (Å²) in [6.07, 6.45) is 0.